The summed E-state index contributed by atoms with van der Waals surface area (Å²) in [7, 11) is 0. The molecular formula is C17H22ClNO. The molecule has 1 aromatic rings. The fourth-order valence-electron chi connectivity index (χ4n) is 3.59. The molecule has 1 amide bonds. The molecule has 1 heterocycles. The number of carbonyl (C=O) groups is 1. The molecular weight excluding hydrogens is 270 g/mol. The van der Waals surface area contributed by atoms with Crippen molar-refractivity contribution in [2.24, 2.45) is 5.41 Å². The molecule has 3 heteroatoms. The number of amides is 1. The van der Waals surface area contributed by atoms with E-state index in [0.717, 1.165) is 18.5 Å². The Morgan fingerprint density at radius 3 is 2.70 bits per heavy atom. The second-order valence-corrected chi connectivity index (χ2v) is 6.98. The average Bonchev–Trinajstić information content (AvgIpc) is 2.79. The average molecular weight is 292 g/mol. The van der Waals surface area contributed by atoms with Crippen LogP contribution in [0, 0.1) is 5.41 Å². The van der Waals surface area contributed by atoms with Crippen molar-refractivity contribution in [1.29, 1.82) is 0 Å². The fourth-order valence-corrected chi connectivity index (χ4v) is 3.94. The maximum absolute atomic E-state index is 11.6. The van der Waals surface area contributed by atoms with Gasteiger partial charge in [0.15, 0.2) is 0 Å². The van der Waals surface area contributed by atoms with Crippen LogP contribution in [0.2, 0.25) is 0 Å². The van der Waals surface area contributed by atoms with E-state index in [0.29, 0.717) is 6.42 Å². The highest BCUT2D eigenvalue weighted by molar-refractivity contribution is 6.21. The molecule has 108 valence electrons. The maximum atomic E-state index is 11.6. The van der Waals surface area contributed by atoms with Crippen LogP contribution in [0.1, 0.15) is 62.0 Å². The maximum Gasteiger partial charge on any atom is 0.224 e. The van der Waals surface area contributed by atoms with Crippen molar-refractivity contribution in [2.75, 3.05) is 5.32 Å². The first-order valence-electron chi connectivity index (χ1n) is 7.65. The molecule has 2 aliphatic rings. The van der Waals surface area contributed by atoms with Gasteiger partial charge >= 0.3 is 0 Å². The summed E-state index contributed by atoms with van der Waals surface area (Å²) in [6.07, 6.45) is 7.52. The van der Waals surface area contributed by atoms with Crippen LogP contribution in [0.25, 0.3) is 0 Å². The van der Waals surface area contributed by atoms with Gasteiger partial charge in [0.05, 0.1) is 5.38 Å². The zero-order valence-electron chi connectivity index (χ0n) is 12.0. The SMILES string of the molecule is CC1(C(Cl)c2ccc3c(c2)CCCC(=O)N3)CCCC1. The Bertz CT molecular complexity index is 520. The van der Waals surface area contributed by atoms with Crippen LogP contribution in [0.15, 0.2) is 18.2 Å². The molecule has 1 aromatic carbocycles. The van der Waals surface area contributed by atoms with Gasteiger partial charge in [0, 0.05) is 12.1 Å². The van der Waals surface area contributed by atoms with E-state index < -0.39 is 0 Å². The molecule has 0 spiro atoms. The standard InChI is InChI=1S/C17H22ClNO/c1-17(9-2-3-10-17)16(18)13-7-8-14-12(11-13)5-4-6-15(20)19-14/h7-8,11,16H,2-6,9-10H2,1H3,(H,19,20). The molecule has 1 saturated carbocycles. The number of carbonyl (C=O) groups excluding carboxylic acids is 1. The number of anilines is 1. The summed E-state index contributed by atoms with van der Waals surface area (Å²) in [5.41, 5.74) is 3.65. The Balaban J connectivity index is 1.88. The molecule has 0 radical (unpaired) electrons. The van der Waals surface area contributed by atoms with E-state index in [-0.39, 0.29) is 16.7 Å². The van der Waals surface area contributed by atoms with E-state index in [1.54, 1.807) is 0 Å². The van der Waals surface area contributed by atoms with Crippen molar-refractivity contribution in [1.82, 2.24) is 0 Å². The molecule has 0 aromatic heterocycles. The van der Waals surface area contributed by atoms with Crippen LogP contribution in [-0.4, -0.2) is 5.91 Å². The number of alkyl halides is 1. The van der Waals surface area contributed by atoms with E-state index in [2.05, 4.69) is 24.4 Å². The third-order valence-corrected chi connectivity index (χ3v) is 5.68. The zero-order chi connectivity index (χ0) is 14.2. The van der Waals surface area contributed by atoms with Gasteiger partial charge < -0.3 is 5.32 Å². The van der Waals surface area contributed by atoms with Crippen molar-refractivity contribution in [3.63, 3.8) is 0 Å². The lowest BCUT2D eigenvalue weighted by Crippen LogP contribution is -2.18. The Kier molecular flexibility index (Phi) is 3.76. The van der Waals surface area contributed by atoms with Crippen molar-refractivity contribution < 1.29 is 4.79 Å². The quantitative estimate of drug-likeness (QED) is 0.778. The highest BCUT2D eigenvalue weighted by Gasteiger charge is 2.36. The first-order valence-corrected chi connectivity index (χ1v) is 8.09. The highest BCUT2D eigenvalue weighted by atomic mass is 35.5. The Morgan fingerprint density at radius 2 is 1.95 bits per heavy atom. The van der Waals surface area contributed by atoms with Crippen molar-refractivity contribution in [3.8, 4) is 0 Å². The van der Waals surface area contributed by atoms with E-state index >= 15 is 0 Å². The Labute approximate surface area is 125 Å². The summed E-state index contributed by atoms with van der Waals surface area (Å²) < 4.78 is 0. The second-order valence-electron chi connectivity index (χ2n) is 6.54. The summed E-state index contributed by atoms with van der Waals surface area (Å²) in [4.78, 5) is 11.6. The van der Waals surface area contributed by atoms with Crippen molar-refractivity contribution in [2.45, 2.75) is 57.2 Å². The van der Waals surface area contributed by atoms with Crippen LogP contribution in [-0.2, 0) is 11.2 Å². The predicted octanol–water partition coefficient (Wildman–Crippen LogP) is 4.82. The van der Waals surface area contributed by atoms with Crippen LogP contribution >= 0.6 is 11.6 Å². The third-order valence-electron chi connectivity index (χ3n) is 4.90. The first kappa shape index (κ1) is 13.9. The predicted molar refractivity (Wildman–Crippen MR) is 83.2 cm³/mol. The minimum absolute atomic E-state index is 0.0780. The Morgan fingerprint density at radius 1 is 1.20 bits per heavy atom. The van der Waals surface area contributed by atoms with Crippen LogP contribution in [0.4, 0.5) is 5.69 Å². The van der Waals surface area contributed by atoms with Gasteiger partial charge in [0.1, 0.15) is 0 Å². The van der Waals surface area contributed by atoms with Gasteiger partial charge in [-0.25, -0.2) is 0 Å². The molecule has 1 atom stereocenters. The van der Waals surface area contributed by atoms with E-state index in [1.165, 1.54) is 36.8 Å². The van der Waals surface area contributed by atoms with E-state index in [9.17, 15) is 4.79 Å². The van der Waals surface area contributed by atoms with Gasteiger partial charge in [0.2, 0.25) is 5.91 Å². The number of fused-ring (bicyclic) bond motifs is 1. The molecule has 1 aliphatic carbocycles. The molecule has 1 unspecified atom stereocenters. The number of halogens is 1. The second kappa shape index (κ2) is 5.40. The van der Waals surface area contributed by atoms with Crippen LogP contribution in [0.3, 0.4) is 0 Å². The molecule has 1 N–H and O–H groups in total. The number of nitrogens with one attached hydrogen (secondary N) is 1. The summed E-state index contributed by atoms with van der Waals surface area (Å²) in [6.45, 7) is 2.31. The third kappa shape index (κ3) is 2.58. The fraction of sp³-hybridized carbons (Fsp3) is 0.588. The topological polar surface area (TPSA) is 29.1 Å². The summed E-state index contributed by atoms with van der Waals surface area (Å²) in [6, 6.07) is 6.33. The summed E-state index contributed by atoms with van der Waals surface area (Å²) in [5.74, 6) is 0.127. The molecule has 0 saturated heterocycles. The molecule has 1 aliphatic heterocycles. The number of benzene rings is 1. The molecule has 3 rings (SSSR count). The van der Waals surface area contributed by atoms with Gasteiger partial charge in [-0.15, -0.1) is 11.6 Å². The van der Waals surface area contributed by atoms with Crippen molar-refractivity contribution >= 4 is 23.2 Å². The number of rotatable bonds is 2. The monoisotopic (exact) mass is 291 g/mol. The summed E-state index contributed by atoms with van der Waals surface area (Å²) >= 11 is 6.78. The van der Waals surface area contributed by atoms with E-state index in [1.807, 2.05) is 6.07 Å². The van der Waals surface area contributed by atoms with Crippen LogP contribution < -0.4 is 5.32 Å². The highest BCUT2D eigenvalue weighted by Crippen LogP contribution is 2.50. The number of hydrogen-bond acceptors (Lipinski definition) is 1. The number of hydrogen-bond donors (Lipinski definition) is 1. The van der Waals surface area contributed by atoms with E-state index in [4.69, 9.17) is 11.6 Å². The first-order chi connectivity index (χ1) is 9.58. The van der Waals surface area contributed by atoms with Gasteiger partial charge in [-0.2, -0.15) is 0 Å². The molecule has 0 bridgehead atoms. The minimum Gasteiger partial charge on any atom is -0.326 e. The number of aryl methyl sites for hydroxylation is 1. The van der Waals surface area contributed by atoms with Gasteiger partial charge in [-0.1, -0.05) is 31.9 Å². The lowest BCUT2D eigenvalue weighted by molar-refractivity contribution is -0.116. The minimum atomic E-state index is 0.0780. The Hall–Kier alpha value is -1.02. The summed E-state index contributed by atoms with van der Waals surface area (Å²) in [5, 5.41) is 3.06. The van der Waals surface area contributed by atoms with Crippen LogP contribution in [0.5, 0.6) is 0 Å². The van der Waals surface area contributed by atoms with Crippen molar-refractivity contribution in [3.05, 3.63) is 29.3 Å². The normalized spacial score (nSPS) is 22.8. The van der Waals surface area contributed by atoms with Gasteiger partial charge in [-0.3, -0.25) is 4.79 Å². The molecule has 20 heavy (non-hydrogen) atoms. The zero-order valence-corrected chi connectivity index (χ0v) is 12.8. The lowest BCUT2D eigenvalue weighted by atomic mass is 9.81. The smallest absolute Gasteiger partial charge is 0.224 e. The molecule has 1 fully saturated rings. The molecule has 2 nitrogen and oxygen atoms in total. The lowest BCUT2D eigenvalue weighted by Gasteiger charge is -2.30. The van der Waals surface area contributed by atoms with Gasteiger partial charge in [0.25, 0.3) is 0 Å². The van der Waals surface area contributed by atoms with Gasteiger partial charge in [-0.05, 0) is 48.3 Å². The largest absolute Gasteiger partial charge is 0.326 e.